The van der Waals surface area contributed by atoms with Crippen molar-refractivity contribution < 1.29 is 14.6 Å². The van der Waals surface area contributed by atoms with Crippen molar-refractivity contribution in [2.45, 2.75) is 38.1 Å². The Hall–Kier alpha value is -1.80. The van der Waals surface area contributed by atoms with Crippen molar-refractivity contribution in [2.75, 3.05) is 7.11 Å². The van der Waals surface area contributed by atoms with Gasteiger partial charge in [0, 0.05) is 11.1 Å². The van der Waals surface area contributed by atoms with Crippen molar-refractivity contribution in [1.29, 1.82) is 0 Å². The van der Waals surface area contributed by atoms with Crippen LogP contribution >= 0.6 is 0 Å². The van der Waals surface area contributed by atoms with Crippen LogP contribution in [0.2, 0.25) is 0 Å². The third kappa shape index (κ3) is 1.89. The molecule has 96 valence electrons. The van der Waals surface area contributed by atoms with E-state index in [9.17, 15) is 9.90 Å². The summed E-state index contributed by atoms with van der Waals surface area (Å²) in [7, 11) is 1.57. The molecular formula is C14H17NO3. The van der Waals surface area contributed by atoms with Gasteiger partial charge >= 0.3 is 0 Å². The summed E-state index contributed by atoms with van der Waals surface area (Å²) < 4.78 is 5.17. The average Bonchev–Trinajstić information content (AvgIpc) is 2.82. The summed E-state index contributed by atoms with van der Waals surface area (Å²) in [6.07, 6.45) is 5.23. The van der Waals surface area contributed by atoms with Gasteiger partial charge in [-0.25, -0.2) is 4.79 Å². The van der Waals surface area contributed by atoms with Gasteiger partial charge in [-0.3, -0.25) is 0 Å². The number of phenolic OH excluding ortho intramolecular Hbond substituents is 1. The number of aliphatic imine (C=N–C) groups is 1. The van der Waals surface area contributed by atoms with Crippen LogP contribution in [0.3, 0.4) is 0 Å². The number of hydrogen-bond donors (Lipinski definition) is 1. The van der Waals surface area contributed by atoms with Gasteiger partial charge in [-0.2, -0.15) is 4.99 Å². The molecular weight excluding hydrogens is 230 g/mol. The Morgan fingerprint density at radius 3 is 2.61 bits per heavy atom. The lowest BCUT2D eigenvalue weighted by Crippen LogP contribution is -2.19. The van der Waals surface area contributed by atoms with Gasteiger partial charge in [0.05, 0.1) is 7.11 Å². The van der Waals surface area contributed by atoms with Crippen LogP contribution in [0.1, 0.15) is 36.8 Å². The first-order valence-electron chi connectivity index (χ1n) is 6.11. The maximum absolute atomic E-state index is 10.7. The quantitative estimate of drug-likeness (QED) is 0.660. The van der Waals surface area contributed by atoms with Crippen molar-refractivity contribution in [3.8, 4) is 11.5 Å². The van der Waals surface area contributed by atoms with E-state index in [-0.39, 0.29) is 5.75 Å². The first kappa shape index (κ1) is 12.7. The third-order valence-electron chi connectivity index (χ3n) is 3.79. The molecule has 0 aliphatic heterocycles. The summed E-state index contributed by atoms with van der Waals surface area (Å²) >= 11 is 0. The number of phenols is 1. The fourth-order valence-electron chi connectivity index (χ4n) is 2.77. The van der Waals surface area contributed by atoms with Gasteiger partial charge in [0.25, 0.3) is 0 Å². The molecule has 18 heavy (non-hydrogen) atoms. The summed E-state index contributed by atoms with van der Waals surface area (Å²) in [5, 5.41) is 10.3. The van der Waals surface area contributed by atoms with Gasteiger partial charge in [0.15, 0.2) is 0 Å². The van der Waals surface area contributed by atoms with E-state index >= 15 is 0 Å². The molecule has 4 nitrogen and oxygen atoms in total. The molecule has 0 saturated heterocycles. The highest BCUT2D eigenvalue weighted by Gasteiger charge is 2.38. The number of aromatic hydroxyl groups is 1. The standard InChI is InChI=1S/C14H17NO3/c1-10-12(18-2)6-5-11(13(10)17)14(15-9-16)7-3-4-8-14/h5-6,17H,3-4,7-8H2,1-2H3. The van der Waals surface area contributed by atoms with E-state index in [1.165, 1.54) is 0 Å². The molecule has 0 heterocycles. The second kappa shape index (κ2) is 4.83. The van der Waals surface area contributed by atoms with Crippen LogP contribution in [0.5, 0.6) is 11.5 Å². The summed E-state index contributed by atoms with van der Waals surface area (Å²) in [4.78, 5) is 14.6. The monoisotopic (exact) mass is 247 g/mol. The van der Waals surface area contributed by atoms with Gasteiger partial charge < -0.3 is 9.84 Å². The highest BCUT2D eigenvalue weighted by atomic mass is 16.5. The Bertz CT molecular complexity index is 498. The Balaban J connectivity index is 2.56. The molecule has 0 unspecified atom stereocenters. The number of benzene rings is 1. The van der Waals surface area contributed by atoms with Gasteiger partial charge in [-0.05, 0) is 31.9 Å². The molecule has 0 aromatic heterocycles. The van der Waals surface area contributed by atoms with Crippen LogP contribution in [0, 0.1) is 6.92 Å². The lowest BCUT2D eigenvalue weighted by atomic mass is 9.87. The molecule has 0 amide bonds. The summed E-state index contributed by atoms with van der Waals surface area (Å²) in [6.45, 7) is 1.80. The Morgan fingerprint density at radius 2 is 2.06 bits per heavy atom. The first-order chi connectivity index (χ1) is 8.64. The maximum Gasteiger partial charge on any atom is 0.235 e. The second-order valence-corrected chi connectivity index (χ2v) is 4.73. The van der Waals surface area contributed by atoms with Gasteiger partial charge in [-0.1, -0.05) is 12.8 Å². The van der Waals surface area contributed by atoms with Crippen molar-refractivity contribution in [1.82, 2.24) is 0 Å². The fraction of sp³-hybridized carbons (Fsp3) is 0.500. The average molecular weight is 247 g/mol. The number of hydrogen-bond acceptors (Lipinski definition) is 4. The molecule has 1 aromatic rings. The molecule has 4 heteroatoms. The van der Waals surface area contributed by atoms with Crippen LogP contribution < -0.4 is 4.74 Å². The van der Waals surface area contributed by atoms with Crippen molar-refractivity contribution >= 4 is 6.08 Å². The third-order valence-corrected chi connectivity index (χ3v) is 3.79. The molecule has 1 aromatic carbocycles. The summed E-state index contributed by atoms with van der Waals surface area (Å²) in [6, 6.07) is 3.61. The highest BCUT2D eigenvalue weighted by Crippen LogP contribution is 2.47. The Morgan fingerprint density at radius 1 is 1.39 bits per heavy atom. The minimum atomic E-state index is -0.594. The zero-order valence-corrected chi connectivity index (χ0v) is 10.7. The van der Waals surface area contributed by atoms with Crippen molar-refractivity contribution in [2.24, 2.45) is 4.99 Å². The summed E-state index contributed by atoms with van der Waals surface area (Å²) in [5.41, 5.74) is 0.798. The minimum Gasteiger partial charge on any atom is -0.507 e. The number of nitrogens with zero attached hydrogens (tertiary/aromatic N) is 1. The van der Waals surface area contributed by atoms with Crippen LogP contribution in [0.15, 0.2) is 17.1 Å². The first-order valence-corrected chi connectivity index (χ1v) is 6.11. The normalized spacial score (nSPS) is 17.2. The van der Waals surface area contributed by atoms with Crippen LogP contribution in [-0.4, -0.2) is 18.3 Å². The predicted molar refractivity (Wildman–Crippen MR) is 67.7 cm³/mol. The lowest BCUT2D eigenvalue weighted by Gasteiger charge is -2.25. The minimum absolute atomic E-state index is 0.176. The number of carbonyl (C=O) groups excluding carboxylic acids is 1. The number of isocyanates is 1. The summed E-state index contributed by atoms with van der Waals surface area (Å²) in [5.74, 6) is 0.815. The maximum atomic E-state index is 10.7. The topological polar surface area (TPSA) is 58.9 Å². The Kier molecular flexibility index (Phi) is 3.39. The number of rotatable bonds is 3. The van der Waals surface area contributed by atoms with E-state index in [0.29, 0.717) is 16.9 Å². The fourth-order valence-corrected chi connectivity index (χ4v) is 2.77. The molecule has 0 atom stereocenters. The van der Waals surface area contributed by atoms with Gasteiger partial charge in [0.2, 0.25) is 6.08 Å². The van der Waals surface area contributed by atoms with Crippen molar-refractivity contribution in [3.63, 3.8) is 0 Å². The predicted octanol–water partition coefficient (Wildman–Crippen LogP) is 2.81. The Labute approximate surface area is 106 Å². The number of methoxy groups -OCH3 is 1. The van der Waals surface area contributed by atoms with Crippen LogP contribution in [-0.2, 0) is 10.3 Å². The van der Waals surface area contributed by atoms with E-state index < -0.39 is 5.54 Å². The van der Waals surface area contributed by atoms with E-state index in [4.69, 9.17) is 4.74 Å². The van der Waals surface area contributed by atoms with Crippen LogP contribution in [0.4, 0.5) is 0 Å². The van der Waals surface area contributed by atoms with Gasteiger partial charge in [-0.15, -0.1) is 0 Å². The SMILES string of the molecule is COc1ccc(C2(N=C=O)CCCC2)c(O)c1C. The van der Waals surface area contributed by atoms with E-state index in [2.05, 4.69) is 4.99 Å². The molecule has 1 fully saturated rings. The van der Waals surface area contributed by atoms with Crippen molar-refractivity contribution in [3.05, 3.63) is 23.3 Å². The molecule has 0 radical (unpaired) electrons. The molecule has 2 rings (SSSR count). The molecule has 1 N–H and O–H groups in total. The molecule has 1 aliphatic carbocycles. The highest BCUT2D eigenvalue weighted by molar-refractivity contribution is 5.52. The smallest absolute Gasteiger partial charge is 0.235 e. The zero-order valence-electron chi connectivity index (χ0n) is 10.7. The van der Waals surface area contributed by atoms with Crippen LogP contribution in [0.25, 0.3) is 0 Å². The van der Waals surface area contributed by atoms with E-state index in [1.807, 2.05) is 6.07 Å². The molecule has 0 spiro atoms. The second-order valence-electron chi connectivity index (χ2n) is 4.73. The van der Waals surface area contributed by atoms with E-state index in [1.54, 1.807) is 26.2 Å². The lowest BCUT2D eigenvalue weighted by molar-refractivity contribution is 0.386. The molecule has 1 aliphatic rings. The van der Waals surface area contributed by atoms with E-state index in [0.717, 1.165) is 25.7 Å². The number of ether oxygens (including phenoxy) is 1. The molecule has 1 saturated carbocycles. The molecule has 0 bridgehead atoms. The van der Waals surface area contributed by atoms with Gasteiger partial charge in [0.1, 0.15) is 17.0 Å². The zero-order chi connectivity index (χ0) is 13.2. The largest absolute Gasteiger partial charge is 0.507 e.